The smallest absolute Gasteiger partial charge is 0.337 e. The molecule has 2 rings (SSSR count). The topological polar surface area (TPSA) is 55.4 Å². The number of benzene rings is 2. The fraction of sp³-hybridized carbons (Fsp3) is 0.111. The summed E-state index contributed by atoms with van der Waals surface area (Å²) in [6.45, 7) is 0. The van der Waals surface area contributed by atoms with Crippen molar-refractivity contribution in [2.45, 2.75) is 4.90 Å². The SMILES string of the molecule is COC(=O)c1ccc(NC(=O)/C=C/c2ccc(SC)cc2)cc1. The van der Waals surface area contributed by atoms with Gasteiger partial charge in [-0.15, -0.1) is 11.8 Å². The molecule has 0 saturated carbocycles. The summed E-state index contributed by atoms with van der Waals surface area (Å²) in [7, 11) is 1.33. The van der Waals surface area contributed by atoms with Crippen LogP contribution < -0.4 is 5.32 Å². The summed E-state index contributed by atoms with van der Waals surface area (Å²) in [4.78, 5) is 24.4. The molecule has 0 aliphatic rings. The van der Waals surface area contributed by atoms with Crippen LogP contribution in [0.3, 0.4) is 0 Å². The molecular weight excluding hydrogens is 310 g/mol. The first-order valence-electron chi connectivity index (χ1n) is 6.94. The van der Waals surface area contributed by atoms with Gasteiger partial charge in [-0.05, 0) is 54.3 Å². The fourth-order valence-electron chi connectivity index (χ4n) is 1.88. The zero-order chi connectivity index (χ0) is 16.7. The number of methoxy groups -OCH3 is 1. The summed E-state index contributed by atoms with van der Waals surface area (Å²) in [6, 6.07) is 14.5. The van der Waals surface area contributed by atoms with Gasteiger partial charge in [-0.25, -0.2) is 4.79 Å². The van der Waals surface area contributed by atoms with Crippen molar-refractivity contribution in [1.82, 2.24) is 0 Å². The van der Waals surface area contributed by atoms with E-state index >= 15 is 0 Å². The van der Waals surface area contributed by atoms with E-state index in [2.05, 4.69) is 10.1 Å². The highest BCUT2D eigenvalue weighted by Gasteiger charge is 2.05. The Bertz CT molecular complexity index is 706. The minimum atomic E-state index is -0.406. The maximum Gasteiger partial charge on any atom is 0.337 e. The van der Waals surface area contributed by atoms with Crippen LogP contribution in [0.15, 0.2) is 59.5 Å². The largest absolute Gasteiger partial charge is 0.465 e. The highest BCUT2D eigenvalue weighted by atomic mass is 32.2. The second kappa shape index (κ2) is 8.19. The first-order chi connectivity index (χ1) is 11.1. The lowest BCUT2D eigenvalue weighted by molar-refractivity contribution is -0.111. The molecule has 1 amide bonds. The summed E-state index contributed by atoms with van der Waals surface area (Å²) >= 11 is 1.67. The van der Waals surface area contributed by atoms with E-state index in [1.54, 1.807) is 42.1 Å². The van der Waals surface area contributed by atoms with E-state index in [0.717, 1.165) is 5.56 Å². The van der Waals surface area contributed by atoms with Gasteiger partial charge in [0.05, 0.1) is 12.7 Å². The molecule has 2 aromatic rings. The average molecular weight is 327 g/mol. The lowest BCUT2D eigenvalue weighted by Crippen LogP contribution is -2.08. The molecule has 0 radical (unpaired) electrons. The molecule has 0 atom stereocenters. The molecule has 4 nitrogen and oxygen atoms in total. The number of rotatable bonds is 5. The standard InChI is InChI=1S/C18H17NO3S/c1-22-18(21)14-6-8-15(9-7-14)19-17(20)12-5-13-3-10-16(23-2)11-4-13/h3-12H,1-2H3,(H,19,20)/b12-5+. The summed E-state index contributed by atoms with van der Waals surface area (Å²) in [6.07, 6.45) is 5.24. The van der Waals surface area contributed by atoms with Gasteiger partial charge in [-0.2, -0.15) is 0 Å². The van der Waals surface area contributed by atoms with Crippen LogP contribution in [0.5, 0.6) is 0 Å². The van der Waals surface area contributed by atoms with E-state index in [1.807, 2.05) is 30.5 Å². The van der Waals surface area contributed by atoms with Gasteiger partial charge in [0.1, 0.15) is 0 Å². The number of hydrogen-bond donors (Lipinski definition) is 1. The number of carbonyl (C=O) groups excluding carboxylic acids is 2. The Morgan fingerprint density at radius 1 is 1.04 bits per heavy atom. The highest BCUT2D eigenvalue weighted by Crippen LogP contribution is 2.15. The van der Waals surface area contributed by atoms with Crippen LogP contribution >= 0.6 is 11.8 Å². The molecule has 0 aliphatic heterocycles. The molecule has 0 bridgehead atoms. The van der Waals surface area contributed by atoms with Crippen molar-refractivity contribution in [3.8, 4) is 0 Å². The summed E-state index contributed by atoms with van der Waals surface area (Å²) in [5, 5.41) is 2.74. The van der Waals surface area contributed by atoms with Crippen LogP contribution in [0.4, 0.5) is 5.69 Å². The van der Waals surface area contributed by atoms with Crippen molar-refractivity contribution in [3.63, 3.8) is 0 Å². The van der Waals surface area contributed by atoms with Crippen molar-refractivity contribution in [2.24, 2.45) is 0 Å². The van der Waals surface area contributed by atoms with Crippen molar-refractivity contribution in [1.29, 1.82) is 0 Å². The third kappa shape index (κ3) is 5.00. The van der Waals surface area contributed by atoms with Gasteiger partial charge in [0.15, 0.2) is 0 Å². The quantitative estimate of drug-likeness (QED) is 0.515. The van der Waals surface area contributed by atoms with E-state index in [9.17, 15) is 9.59 Å². The molecule has 23 heavy (non-hydrogen) atoms. The number of esters is 1. The van der Waals surface area contributed by atoms with E-state index in [4.69, 9.17) is 0 Å². The number of amides is 1. The summed E-state index contributed by atoms with van der Waals surface area (Å²) in [5.74, 6) is -0.638. The molecule has 1 N–H and O–H groups in total. The Balaban J connectivity index is 1.95. The van der Waals surface area contributed by atoms with Crippen molar-refractivity contribution in [2.75, 3.05) is 18.7 Å². The second-order valence-electron chi connectivity index (χ2n) is 4.66. The van der Waals surface area contributed by atoms with Crippen molar-refractivity contribution >= 4 is 35.4 Å². The fourth-order valence-corrected chi connectivity index (χ4v) is 2.29. The lowest BCUT2D eigenvalue weighted by atomic mass is 10.2. The molecular formula is C18H17NO3S. The molecule has 2 aromatic carbocycles. The third-order valence-electron chi connectivity index (χ3n) is 3.12. The number of carbonyl (C=O) groups is 2. The van der Waals surface area contributed by atoms with Crippen LogP contribution in [0.25, 0.3) is 6.08 Å². The Morgan fingerprint density at radius 2 is 1.70 bits per heavy atom. The number of hydrogen-bond acceptors (Lipinski definition) is 4. The number of nitrogens with one attached hydrogen (secondary N) is 1. The minimum Gasteiger partial charge on any atom is -0.465 e. The summed E-state index contributed by atoms with van der Waals surface area (Å²) < 4.78 is 4.62. The predicted octanol–water partition coefficient (Wildman–Crippen LogP) is 3.85. The van der Waals surface area contributed by atoms with Crippen LogP contribution in [0.1, 0.15) is 15.9 Å². The van der Waals surface area contributed by atoms with Gasteiger partial charge >= 0.3 is 5.97 Å². The van der Waals surface area contributed by atoms with Gasteiger partial charge in [-0.1, -0.05) is 12.1 Å². The maximum atomic E-state index is 11.9. The normalized spacial score (nSPS) is 10.5. The zero-order valence-corrected chi connectivity index (χ0v) is 13.7. The van der Waals surface area contributed by atoms with Gasteiger partial charge in [-0.3, -0.25) is 4.79 Å². The minimum absolute atomic E-state index is 0.232. The Morgan fingerprint density at radius 3 is 2.26 bits per heavy atom. The lowest BCUT2D eigenvalue weighted by Gasteiger charge is -2.03. The van der Waals surface area contributed by atoms with Crippen LogP contribution in [-0.2, 0) is 9.53 Å². The summed E-state index contributed by atoms with van der Waals surface area (Å²) in [5.41, 5.74) is 2.01. The van der Waals surface area contributed by atoms with Crippen LogP contribution in [-0.4, -0.2) is 25.2 Å². The van der Waals surface area contributed by atoms with Gasteiger partial charge < -0.3 is 10.1 Å². The van der Waals surface area contributed by atoms with Gasteiger partial charge in [0, 0.05) is 16.7 Å². The number of anilines is 1. The molecule has 0 saturated heterocycles. The van der Waals surface area contributed by atoms with Crippen LogP contribution in [0, 0.1) is 0 Å². The van der Waals surface area contributed by atoms with E-state index in [0.29, 0.717) is 11.3 Å². The average Bonchev–Trinajstić information content (AvgIpc) is 2.60. The Kier molecular flexibility index (Phi) is 6.00. The molecule has 0 aliphatic carbocycles. The molecule has 0 aromatic heterocycles. The first-order valence-corrected chi connectivity index (χ1v) is 8.16. The Labute approximate surface area is 139 Å². The monoisotopic (exact) mass is 327 g/mol. The van der Waals surface area contributed by atoms with E-state index in [-0.39, 0.29) is 5.91 Å². The molecule has 0 fully saturated rings. The first kappa shape index (κ1) is 16.8. The number of ether oxygens (including phenoxy) is 1. The third-order valence-corrected chi connectivity index (χ3v) is 3.86. The molecule has 0 heterocycles. The van der Waals surface area contributed by atoms with Gasteiger partial charge in [0.25, 0.3) is 0 Å². The van der Waals surface area contributed by atoms with Crippen LogP contribution in [0.2, 0.25) is 0 Å². The van der Waals surface area contributed by atoms with Crippen molar-refractivity contribution < 1.29 is 14.3 Å². The molecule has 5 heteroatoms. The highest BCUT2D eigenvalue weighted by molar-refractivity contribution is 7.98. The maximum absolute atomic E-state index is 11.9. The van der Waals surface area contributed by atoms with Crippen molar-refractivity contribution in [3.05, 3.63) is 65.7 Å². The van der Waals surface area contributed by atoms with E-state index in [1.165, 1.54) is 18.1 Å². The number of thioether (sulfide) groups is 1. The Hall–Kier alpha value is -2.53. The predicted molar refractivity (Wildman–Crippen MR) is 93.7 cm³/mol. The molecule has 118 valence electrons. The van der Waals surface area contributed by atoms with E-state index < -0.39 is 5.97 Å². The zero-order valence-electron chi connectivity index (χ0n) is 12.9. The second-order valence-corrected chi connectivity index (χ2v) is 5.54. The van der Waals surface area contributed by atoms with Gasteiger partial charge in [0.2, 0.25) is 5.91 Å². The molecule has 0 spiro atoms. The molecule has 0 unspecified atom stereocenters.